The van der Waals surface area contributed by atoms with Crippen LogP contribution in [0.2, 0.25) is 0 Å². The molecule has 0 radical (unpaired) electrons. The highest BCUT2D eigenvalue weighted by Crippen LogP contribution is 2.56. The zero-order valence-electron chi connectivity index (χ0n) is 88.4. The summed E-state index contributed by atoms with van der Waals surface area (Å²) in [5.41, 5.74) is 45.4. The maximum Gasteiger partial charge on any atom is 0.227 e. The van der Waals surface area contributed by atoms with Crippen LogP contribution in [-0.4, -0.2) is 15.0 Å². The van der Waals surface area contributed by atoms with Gasteiger partial charge in [0.25, 0.3) is 0 Å². The van der Waals surface area contributed by atoms with Crippen LogP contribution in [0.25, 0.3) is 265 Å². The van der Waals surface area contributed by atoms with E-state index in [1.54, 1.807) is 0 Å². The summed E-state index contributed by atoms with van der Waals surface area (Å²) in [6.07, 6.45) is 0. The van der Waals surface area contributed by atoms with Gasteiger partial charge in [0.1, 0.15) is 16.6 Å². The number of benzene rings is 24. The van der Waals surface area contributed by atoms with Gasteiger partial charge < -0.3 is 13.3 Å². The van der Waals surface area contributed by atoms with Crippen molar-refractivity contribution >= 4 is 130 Å². The van der Waals surface area contributed by atoms with Gasteiger partial charge in [-0.2, -0.15) is 0 Å². The van der Waals surface area contributed by atoms with Gasteiger partial charge in [-0.3, -0.25) is 0 Å². The molecular weight excluding hydrogens is 1820 g/mol. The number of hydrogen-bond donors (Lipinski definition) is 0. The average molecular weight is 1940 g/mol. The van der Waals surface area contributed by atoms with E-state index < -0.39 is 0 Å². The molecule has 0 spiro atoms. The second-order valence-corrected chi connectivity index (χ2v) is 44.9. The van der Waals surface area contributed by atoms with E-state index in [1.807, 2.05) is 12.1 Å². The molecule has 0 amide bonds. The Morgan fingerprint density at radius 1 is 0.160 bits per heavy atom. The van der Waals surface area contributed by atoms with Gasteiger partial charge in [-0.05, 0) is 415 Å². The molecule has 0 atom stereocenters. The lowest BCUT2D eigenvalue weighted by atomic mass is 9.81. The number of aryl methyl sites for hydroxylation is 9. The van der Waals surface area contributed by atoms with Gasteiger partial charge in [0.05, 0.1) is 0 Å². The zero-order chi connectivity index (χ0) is 103. The van der Waals surface area contributed by atoms with E-state index >= 15 is 0 Å². The molecule has 6 heteroatoms. The molecule has 0 fully saturated rings. The van der Waals surface area contributed by atoms with Gasteiger partial charge >= 0.3 is 0 Å². The molecule has 0 N–H and O–H groups in total. The predicted octanol–water partition coefficient (Wildman–Crippen LogP) is 40.8. The van der Waals surface area contributed by atoms with Crippen molar-refractivity contribution in [3.63, 3.8) is 0 Å². The molecule has 3 aromatic heterocycles. The Morgan fingerprint density at radius 2 is 0.360 bits per heavy atom. The average Bonchev–Trinajstić information content (AvgIpc) is 0.909. The van der Waals surface area contributed by atoms with E-state index in [0.717, 1.165) is 71.7 Å². The molecule has 0 saturated carbocycles. The standard InChI is InChI=1S/C54H51NO.2C45H33NO/c1-32-11-28-48-47(29-32)55-51(56-48)46-31-45(35-16-22-38(23-17-35)54(8,9)10)41-25-24-39-43(33-12-18-36(19-13-33)52(2,3)4)30-44(40-26-27-42(46)50(41)49(39)40)34-14-20-37(21-15-34)53(5,6)7;1-26-17-22-42-41(23-26)46-45(47-42)40-25-39(32-16-10-7-13-29(32)4)35-19-18-33-37(30-14-8-5-11-27(30)2)24-38(31-15-9-6-12-28(31)3)34-20-21-36(40)44(35)43(33)34;1-26-17-22-41-42(23-26)47-45(46-41)40-25-39(32-16-10-7-13-29(32)4)35-19-18-33-37(30-14-8-5-11-27(30)2)24-38(31-15-9-6-12-28(31)3)34-20-21-36(40)44(35)43(33)34/h11-31H,1-10H3;2*5-25H,1-4H3. The summed E-state index contributed by atoms with van der Waals surface area (Å²) in [6, 6.07) is 141. The second-order valence-electron chi connectivity index (χ2n) is 44.9. The molecule has 24 aromatic carbocycles. The molecule has 0 bridgehead atoms. The van der Waals surface area contributed by atoms with Gasteiger partial charge in [0, 0.05) is 16.7 Å². The third-order valence-corrected chi connectivity index (χ3v) is 31.8. The number of nitrogens with zero attached hydrogens (tertiary/aromatic N) is 3. The summed E-state index contributed by atoms with van der Waals surface area (Å²) >= 11 is 0. The summed E-state index contributed by atoms with van der Waals surface area (Å²) in [4.78, 5) is 15.2. The van der Waals surface area contributed by atoms with Crippen LogP contribution in [-0.2, 0) is 16.2 Å². The van der Waals surface area contributed by atoms with E-state index in [4.69, 9.17) is 28.2 Å². The number of fused-ring (bicyclic) bond motifs is 3. The van der Waals surface area contributed by atoms with E-state index in [9.17, 15) is 0 Å². The van der Waals surface area contributed by atoms with Crippen molar-refractivity contribution in [1.82, 2.24) is 15.0 Å². The molecular formula is C144H117N3O3. The van der Waals surface area contributed by atoms with Crippen LogP contribution in [0, 0.1) is 62.3 Å². The molecule has 3 heterocycles. The topological polar surface area (TPSA) is 78.1 Å². The lowest BCUT2D eigenvalue weighted by Gasteiger charge is -2.23. The SMILES string of the molecule is Cc1ccc2nc(-c3cc(-c4ccccc4C)c4ccc5c(-c6ccccc6C)cc(-c6ccccc6C)c6ccc3c4c65)oc2c1.Cc1ccc2oc(-c3cc(-c4ccc(C(C)(C)C)cc4)c4ccc5c(-c6ccc(C(C)(C)C)cc6)cc(-c6ccc(C(C)(C)C)cc6)c6ccc3c4c56)nc2c1.Cc1ccc2oc(-c3cc(-c4ccccc4C)c4ccc5c(-c6ccccc6C)cc(-c6ccccc6C)c6ccc3c4c65)nc2c1. The third-order valence-electron chi connectivity index (χ3n) is 31.8. The fraction of sp³-hybridized carbons (Fsp3) is 0.146. The molecule has 27 aromatic rings. The van der Waals surface area contributed by atoms with Crippen LogP contribution in [0.1, 0.15) is 129 Å². The molecule has 726 valence electrons. The number of rotatable bonds is 12. The van der Waals surface area contributed by atoms with Crippen molar-refractivity contribution in [1.29, 1.82) is 0 Å². The third kappa shape index (κ3) is 16.1. The Kier molecular flexibility index (Phi) is 22.6. The normalized spacial score (nSPS) is 12.2. The summed E-state index contributed by atoms with van der Waals surface area (Å²) in [7, 11) is 0. The van der Waals surface area contributed by atoms with Crippen molar-refractivity contribution in [2.24, 2.45) is 0 Å². The highest BCUT2D eigenvalue weighted by molar-refractivity contribution is 6.36. The zero-order valence-corrected chi connectivity index (χ0v) is 88.4. The molecule has 0 saturated heterocycles. The molecule has 0 aliphatic heterocycles. The van der Waals surface area contributed by atoms with Crippen molar-refractivity contribution in [3.8, 4) is 135 Å². The van der Waals surface area contributed by atoms with Crippen molar-refractivity contribution < 1.29 is 13.3 Å². The highest BCUT2D eigenvalue weighted by atomic mass is 16.4. The first-order chi connectivity index (χ1) is 72.5. The summed E-state index contributed by atoms with van der Waals surface area (Å²) in [5.74, 6) is 1.94. The second kappa shape index (κ2) is 36.1. The maximum absolute atomic E-state index is 6.61. The lowest BCUT2D eigenvalue weighted by molar-refractivity contribution is 0.590. The molecule has 0 unspecified atom stereocenters. The van der Waals surface area contributed by atoms with Gasteiger partial charge in [-0.1, -0.05) is 372 Å². The van der Waals surface area contributed by atoms with Crippen LogP contribution in [0.3, 0.4) is 0 Å². The van der Waals surface area contributed by atoms with E-state index in [2.05, 4.69) is 495 Å². The quantitative estimate of drug-likeness (QED) is 0.113. The summed E-state index contributed by atoms with van der Waals surface area (Å²) < 4.78 is 19.7. The molecule has 150 heavy (non-hydrogen) atoms. The largest absolute Gasteiger partial charge is 0.436 e. The first-order valence-corrected chi connectivity index (χ1v) is 52.6. The van der Waals surface area contributed by atoms with Gasteiger partial charge in [0.15, 0.2) is 16.7 Å². The molecule has 0 aliphatic carbocycles. The van der Waals surface area contributed by atoms with Crippen LogP contribution >= 0.6 is 0 Å². The minimum absolute atomic E-state index is 0.0612. The number of oxazole rings is 3. The maximum atomic E-state index is 6.61. The Hall–Kier alpha value is -17.2. The van der Waals surface area contributed by atoms with Crippen LogP contribution in [0.5, 0.6) is 0 Å². The highest BCUT2D eigenvalue weighted by Gasteiger charge is 2.31. The van der Waals surface area contributed by atoms with Crippen LogP contribution in [0.4, 0.5) is 0 Å². The van der Waals surface area contributed by atoms with Crippen LogP contribution in [0.15, 0.2) is 395 Å². The predicted molar refractivity (Wildman–Crippen MR) is 637 cm³/mol. The fourth-order valence-electron chi connectivity index (χ4n) is 23.7. The van der Waals surface area contributed by atoms with E-state index in [0.29, 0.717) is 17.7 Å². The minimum Gasteiger partial charge on any atom is -0.436 e. The van der Waals surface area contributed by atoms with Crippen LogP contribution < -0.4 is 0 Å². The Bertz CT molecular complexity index is 9510. The molecule has 0 aliphatic rings. The van der Waals surface area contributed by atoms with Crippen molar-refractivity contribution in [2.75, 3.05) is 0 Å². The molecule has 27 rings (SSSR count). The number of aromatic nitrogens is 3. The fourth-order valence-corrected chi connectivity index (χ4v) is 23.7. The first-order valence-electron chi connectivity index (χ1n) is 52.6. The van der Waals surface area contributed by atoms with E-state index in [1.165, 1.54) is 242 Å². The lowest BCUT2D eigenvalue weighted by Crippen LogP contribution is -2.10. The first kappa shape index (κ1) is 93.8. The Morgan fingerprint density at radius 3 is 0.613 bits per heavy atom. The smallest absolute Gasteiger partial charge is 0.227 e. The molecule has 6 nitrogen and oxygen atoms in total. The summed E-state index contributed by atoms with van der Waals surface area (Å²) in [5, 5.41) is 22.2. The Balaban J connectivity index is 0.000000117. The summed E-state index contributed by atoms with van der Waals surface area (Å²) in [6.45, 7) is 40.0. The van der Waals surface area contributed by atoms with Gasteiger partial charge in [0.2, 0.25) is 17.7 Å². The Labute approximate surface area is 876 Å². The van der Waals surface area contributed by atoms with Gasteiger partial charge in [-0.25, -0.2) is 15.0 Å². The van der Waals surface area contributed by atoms with E-state index in [-0.39, 0.29) is 16.2 Å². The monoisotopic (exact) mass is 1940 g/mol. The van der Waals surface area contributed by atoms with Crippen molar-refractivity contribution in [2.45, 2.75) is 141 Å². The van der Waals surface area contributed by atoms with Crippen molar-refractivity contribution in [3.05, 3.63) is 449 Å². The van der Waals surface area contributed by atoms with Gasteiger partial charge in [-0.15, -0.1) is 0 Å². The minimum atomic E-state index is 0.0612. The number of hydrogen-bond acceptors (Lipinski definition) is 6.